The van der Waals surface area contributed by atoms with Crippen molar-refractivity contribution < 1.29 is 27.5 Å². The summed E-state index contributed by atoms with van der Waals surface area (Å²) in [6.45, 7) is 5.92. The van der Waals surface area contributed by atoms with Crippen molar-refractivity contribution in [3.8, 4) is 5.82 Å². The van der Waals surface area contributed by atoms with E-state index < -0.39 is 23.7 Å². The summed E-state index contributed by atoms with van der Waals surface area (Å²) in [5, 5.41) is 9.26. The summed E-state index contributed by atoms with van der Waals surface area (Å²) < 4.78 is 44.2. The zero-order valence-corrected chi connectivity index (χ0v) is 16.2. The molecule has 0 bridgehead atoms. The summed E-state index contributed by atoms with van der Waals surface area (Å²) in [6.07, 6.45) is -3.00. The Hall–Kier alpha value is -3.11. The predicted octanol–water partition coefficient (Wildman–Crippen LogP) is 2.89. The minimum atomic E-state index is -4.49. The number of alkyl carbamates (subject to hydrolysis) is 1. The van der Waals surface area contributed by atoms with E-state index in [1.165, 1.54) is 16.9 Å². The molecular weight excluding hydrogens is 391 g/mol. The van der Waals surface area contributed by atoms with Crippen LogP contribution in [0.5, 0.6) is 0 Å². The van der Waals surface area contributed by atoms with Crippen molar-refractivity contribution in [3.63, 3.8) is 0 Å². The smallest absolute Gasteiger partial charge is 0.417 e. The van der Waals surface area contributed by atoms with Crippen LogP contribution < -0.4 is 10.6 Å². The van der Waals surface area contributed by atoms with E-state index in [2.05, 4.69) is 20.7 Å². The van der Waals surface area contributed by atoms with Crippen LogP contribution >= 0.6 is 0 Å². The fourth-order valence-electron chi connectivity index (χ4n) is 2.57. The van der Waals surface area contributed by atoms with Gasteiger partial charge >= 0.3 is 12.3 Å². The number of nitrogens with one attached hydrogen (secondary N) is 2. The van der Waals surface area contributed by atoms with Gasteiger partial charge in [-0.05, 0) is 25.0 Å². The molecule has 0 saturated heterocycles. The molecule has 11 heteroatoms. The molecule has 2 rings (SSSR count). The van der Waals surface area contributed by atoms with Gasteiger partial charge in [-0.25, -0.2) is 14.5 Å². The van der Waals surface area contributed by atoms with Crippen molar-refractivity contribution in [2.45, 2.75) is 32.9 Å². The number of hydrogen-bond acceptors (Lipinski definition) is 5. The zero-order valence-electron chi connectivity index (χ0n) is 16.2. The minimum Gasteiger partial charge on any atom is -0.450 e. The molecule has 0 spiro atoms. The second kappa shape index (κ2) is 9.39. The Bertz CT molecular complexity index is 847. The van der Waals surface area contributed by atoms with Crippen LogP contribution in [0.25, 0.3) is 5.82 Å². The summed E-state index contributed by atoms with van der Waals surface area (Å²) in [4.78, 5) is 27.5. The van der Waals surface area contributed by atoms with E-state index in [1.807, 2.05) is 13.8 Å². The van der Waals surface area contributed by atoms with Crippen LogP contribution in [0, 0.1) is 0 Å². The van der Waals surface area contributed by atoms with Crippen molar-refractivity contribution in [1.82, 2.24) is 25.4 Å². The highest BCUT2D eigenvalue weighted by atomic mass is 19.4. The Balaban J connectivity index is 2.14. The van der Waals surface area contributed by atoms with E-state index in [9.17, 15) is 22.8 Å². The van der Waals surface area contributed by atoms with Gasteiger partial charge in [0, 0.05) is 19.3 Å². The molecular formula is C18H22F3N5O3. The second-order valence-corrected chi connectivity index (χ2v) is 6.32. The number of halogens is 3. The third kappa shape index (κ3) is 5.69. The van der Waals surface area contributed by atoms with Gasteiger partial charge in [0.05, 0.1) is 29.6 Å². The molecule has 158 valence electrons. The lowest BCUT2D eigenvalue weighted by atomic mass is 10.1. The Kier molecular flexibility index (Phi) is 7.18. The Morgan fingerprint density at radius 3 is 2.41 bits per heavy atom. The Morgan fingerprint density at radius 1 is 1.17 bits per heavy atom. The number of amides is 2. The van der Waals surface area contributed by atoms with Gasteiger partial charge in [0.2, 0.25) is 0 Å². The number of aromatic nitrogens is 3. The molecule has 2 N–H and O–H groups in total. The van der Waals surface area contributed by atoms with Crippen molar-refractivity contribution in [1.29, 1.82) is 0 Å². The highest BCUT2D eigenvalue weighted by Gasteiger charge is 2.31. The lowest BCUT2D eigenvalue weighted by molar-refractivity contribution is -0.137. The van der Waals surface area contributed by atoms with Gasteiger partial charge in [0.15, 0.2) is 5.82 Å². The quantitative estimate of drug-likeness (QED) is 0.681. The molecule has 2 aromatic heterocycles. The second-order valence-electron chi connectivity index (χ2n) is 6.32. The minimum absolute atomic E-state index is 0.153. The first-order chi connectivity index (χ1) is 13.6. The molecule has 2 heterocycles. The van der Waals surface area contributed by atoms with Crippen molar-refractivity contribution in [3.05, 3.63) is 41.3 Å². The summed E-state index contributed by atoms with van der Waals surface area (Å²) >= 11 is 0. The average Bonchev–Trinajstić information content (AvgIpc) is 3.10. The molecule has 2 aromatic rings. The molecule has 0 saturated carbocycles. The fourth-order valence-corrected chi connectivity index (χ4v) is 2.57. The molecule has 0 radical (unpaired) electrons. The molecule has 29 heavy (non-hydrogen) atoms. The normalized spacial score (nSPS) is 11.4. The largest absolute Gasteiger partial charge is 0.450 e. The maximum Gasteiger partial charge on any atom is 0.417 e. The standard InChI is InChI=1S/C18H22F3N5O3/c1-4-29-17(28)23-8-7-22-16(27)13-10-25-26(15(13)11(2)3)14-6-5-12(9-24-14)18(19,20)21/h5-6,9-11H,4,7-8H2,1-3H3,(H,22,27)(H,23,28). The van der Waals surface area contributed by atoms with Crippen molar-refractivity contribution >= 4 is 12.0 Å². The van der Waals surface area contributed by atoms with Crippen molar-refractivity contribution in [2.24, 2.45) is 0 Å². The van der Waals surface area contributed by atoms with E-state index in [1.54, 1.807) is 6.92 Å². The van der Waals surface area contributed by atoms with Gasteiger partial charge in [-0.1, -0.05) is 13.8 Å². The van der Waals surface area contributed by atoms with Crippen LogP contribution in [0.3, 0.4) is 0 Å². The third-order valence-electron chi connectivity index (χ3n) is 3.85. The van der Waals surface area contributed by atoms with E-state index in [0.717, 1.165) is 12.3 Å². The highest BCUT2D eigenvalue weighted by Crippen LogP contribution is 2.29. The highest BCUT2D eigenvalue weighted by molar-refractivity contribution is 5.95. The van der Waals surface area contributed by atoms with Gasteiger partial charge in [-0.3, -0.25) is 4.79 Å². The van der Waals surface area contributed by atoms with Gasteiger partial charge in [0.1, 0.15) is 0 Å². The summed E-state index contributed by atoms with van der Waals surface area (Å²) in [5.41, 5.74) is -0.0856. The van der Waals surface area contributed by atoms with E-state index >= 15 is 0 Å². The van der Waals surface area contributed by atoms with Gasteiger partial charge in [-0.15, -0.1) is 0 Å². The molecule has 8 nitrogen and oxygen atoms in total. The number of alkyl halides is 3. The molecule has 0 aromatic carbocycles. The lowest BCUT2D eigenvalue weighted by Crippen LogP contribution is -2.35. The number of rotatable bonds is 7. The predicted molar refractivity (Wildman–Crippen MR) is 97.8 cm³/mol. The fraction of sp³-hybridized carbons (Fsp3) is 0.444. The maximum absolute atomic E-state index is 12.7. The summed E-state index contributed by atoms with van der Waals surface area (Å²) in [7, 11) is 0. The summed E-state index contributed by atoms with van der Waals surface area (Å²) in [5.74, 6) is -0.401. The van der Waals surface area contributed by atoms with Gasteiger partial charge < -0.3 is 15.4 Å². The zero-order chi connectivity index (χ0) is 21.6. The monoisotopic (exact) mass is 413 g/mol. The third-order valence-corrected chi connectivity index (χ3v) is 3.85. The molecule has 2 amide bonds. The Morgan fingerprint density at radius 2 is 1.86 bits per heavy atom. The molecule has 0 aliphatic rings. The van der Waals surface area contributed by atoms with Crippen LogP contribution in [-0.4, -0.2) is 46.5 Å². The Labute approximate surface area is 165 Å². The first-order valence-corrected chi connectivity index (χ1v) is 8.95. The number of carbonyl (C=O) groups is 2. The van der Waals surface area contributed by atoms with Crippen LogP contribution in [0.2, 0.25) is 0 Å². The van der Waals surface area contributed by atoms with Crippen LogP contribution in [0.15, 0.2) is 24.5 Å². The maximum atomic E-state index is 12.7. The molecule has 0 atom stereocenters. The van der Waals surface area contributed by atoms with Crippen molar-refractivity contribution in [2.75, 3.05) is 19.7 Å². The van der Waals surface area contributed by atoms with E-state index in [4.69, 9.17) is 4.74 Å². The number of hydrogen-bond donors (Lipinski definition) is 2. The first kappa shape index (κ1) is 22.2. The number of carbonyl (C=O) groups excluding carboxylic acids is 2. The van der Waals surface area contributed by atoms with Crippen LogP contribution in [0.1, 0.15) is 48.3 Å². The average molecular weight is 413 g/mol. The number of ether oxygens (including phenoxy) is 1. The van der Waals surface area contributed by atoms with E-state index in [0.29, 0.717) is 5.69 Å². The topological polar surface area (TPSA) is 98.1 Å². The SMILES string of the molecule is CCOC(=O)NCCNC(=O)c1cnn(-c2ccc(C(F)(F)F)cn2)c1C(C)C. The molecule has 0 unspecified atom stereocenters. The molecule has 0 aliphatic carbocycles. The van der Waals surface area contributed by atoms with Gasteiger partial charge in [0.25, 0.3) is 5.91 Å². The van der Waals surface area contributed by atoms with E-state index in [-0.39, 0.29) is 37.0 Å². The number of nitrogens with zero attached hydrogens (tertiary/aromatic N) is 3. The van der Waals surface area contributed by atoms with Crippen LogP contribution in [0.4, 0.5) is 18.0 Å². The first-order valence-electron chi connectivity index (χ1n) is 8.95. The van der Waals surface area contributed by atoms with Crippen LogP contribution in [-0.2, 0) is 10.9 Å². The molecule has 0 fully saturated rings. The lowest BCUT2D eigenvalue weighted by Gasteiger charge is -2.13. The summed E-state index contributed by atoms with van der Waals surface area (Å²) in [6, 6.07) is 2.11. The number of pyridine rings is 1. The van der Waals surface area contributed by atoms with Gasteiger partial charge in [-0.2, -0.15) is 18.3 Å². The molecule has 0 aliphatic heterocycles.